The molecule has 323 valence electrons. The van der Waals surface area contributed by atoms with Crippen molar-refractivity contribution < 1.29 is 20.1 Å². The molecule has 4 nitrogen and oxygen atoms in total. The molecule has 4 heterocycles. The third-order valence-electron chi connectivity index (χ3n) is 11.5. The number of hydrogen-bond donors (Lipinski definition) is 0. The van der Waals surface area contributed by atoms with E-state index >= 15 is 0 Å². The summed E-state index contributed by atoms with van der Waals surface area (Å²) in [5.41, 5.74) is 14.4. The van der Waals surface area contributed by atoms with Crippen molar-refractivity contribution in [2.45, 2.75) is 90.9 Å². The topological polar surface area (TPSA) is 43.6 Å². The molecule has 0 aliphatic rings. The van der Waals surface area contributed by atoms with Gasteiger partial charge in [0.1, 0.15) is 4.83 Å². The summed E-state index contributed by atoms with van der Waals surface area (Å²) < 4.78 is 5.12. The summed E-state index contributed by atoms with van der Waals surface area (Å²) in [6, 6.07) is 49.9. The minimum Gasteiger partial charge on any atom is -0.333 e. The largest absolute Gasteiger partial charge is 0.333 e. The van der Waals surface area contributed by atoms with Gasteiger partial charge in [0, 0.05) is 31.5 Å². The molecular weight excluding hydrogens is 1030 g/mol. The summed E-state index contributed by atoms with van der Waals surface area (Å²) in [5, 5.41) is 2.39. The van der Waals surface area contributed by atoms with E-state index in [9.17, 15) is 0 Å². The van der Waals surface area contributed by atoms with Crippen molar-refractivity contribution in [3.05, 3.63) is 162 Å². The minimum absolute atomic E-state index is 0. The van der Waals surface area contributed by atoms with E-state index in [1.54, 1.807) is 11.3 Å². The number of aromatic nitrogens is 4. The third kappa shape index (κ3) is 10.0. The molecule has 0 aliphatic carbocycles. The SMILES string of the molecule is CC(C)(C)Cc1cc(-c2[c-]cccc2)nc[c]1[Ge]([CH3])([CH3])[CH3].Cc1ccc2c(n1)sc1c[c-]c(-c3nc4ccccc4n3-c3c(C(C)C)cc(-c4ccccc4)cc3C(C)C)cc12.[Ir]. The fourth-order valence-corrected chi connectivity index (χ4v) is 12.8. The second-order valence-electron chi connectivity index (χ2n) is 19.5. The first kappa shape index (κ1) is 46.3. The van der Waals surface area contributed by atoms with E-state index in [0.717, 1.165) is 50.6 Å². The van der Waals surface area contributed by atoms with Crippen molar-refractivity contribution >= 4 is 60.3 Å². The van der Waals surface area contributed by atoms with Crippen LogP contribution in [0.1, 0.15) is 82.7 Å². The van der Waals surface area contributed by atoms with Crippen LogP contribution in [0.3, 0.4) is 0 Å². The Labute approximate surface area is 395 Å². The zero-order chi connectivity index (χ0) is 43.9. The van der Waals surface area contributed by atoms with Crippen LogP contribution in [0.15, 0.2) is 128 Å². The van der Waals surface area contributed by atoms with Crippen molar-refractivity contribution in [1.82, 2.24) is 19.5 Å². The molecule has 0 atom stereocenters. The van der Waals surface area contributed by atoms with Gasteiger partial charge < -0.3 is 4.57 Å². The normalized spacial score (nSPS) is 12.0. The Bertz CT molecular complexity index is 3000. The maximum atomic E-state index is 5.25. The number of rotatable bonds is 8. The van der Waals surface area contributed by atoms with E-state index in [4.69, 9.17) is 15.0 Å². The van der Waals surface area contributed by atoms with Gasteiger partial charge in [-0.1, -0.05) is 81.6 Å². The van der Waals surface area contributed by atoms with Gasteiger partial charge in [-0.25, -0.2) is 4.98 Å². The molecule has 7 heteroatoms. The summed E-state index contributed by atoms with van der Waals surface area (Å²) in [5.74, 6) is 8.89. The van der Waals surface area contributed by atoms with Crippen LogP contribution < -0.4 is 4.40 Å². The Morgan fingerprint density at radius 1 is 0.714 bits per heavy atom. The van der Waals surface area contributed by atoms with Crippen molar-refractivity contribution in [1.29, 1.82) is 0 Å². The summed E-state index contributed by atoms with van der Waals surface area (Å²) >= 11 is -0.168. The molecule has 9 rings (SSSR count). The van der Waals surface area contributed by atoms with E-state index in [1.165, 1.54) is 53.4 Å². The molecule has 0 saturated heterocycles. The zero-order valence-electron chi connectivity index (χ0n) is 38.5. The van der Waals surface area contributed by atoms with Gasteiger partial charge in [0.25, 0.3) is 0 Å². The molecule has 0 spiro atoms. The van der Waals surface area contributed by atoms with Gasteiger partial charge in [-0.3, -0.25) is 4.98 Å². The number of thiophene rings is 1. The molecule has 0 amide bonds. The molecule has 9 aromatic rings. The number of pyridine rings is 2. The summed E-state index contributed by atoms with van der Waals surface area (Å²) in [7, 11) is 0. The summed E-state index contributed by atoms with van der Waals surface area (Å²) in [4.78, 5) is 15.8. The Morgan fingerprint density at radius 2 is 1.40 bits per heavy atom. The summed E-state index contributed by atoms with van der Waals surface area (Å²) in [6.07, 6.45) is 3.24. The number of fused-ring (bicyclic) bond motifs is 4. The molecule has 0 bridgehead atoms. The van der Waals surface area contributed by atoms with Crippen LogP contribution in [-0.4, -0.2) is 32.8 Å². The van der Waals surface area contributed by atoms with Crippen LogP contribution in [0.4, 0.5) is 0 Å². The molecule has 4 aromatic heterocycles. The maximum absolute atomic E-state index is 5.25. The minimum atomic E-state index is -1.90. The Balaban J connectivity index is 0.000000229. The fourth-order valence-electron chi connectivity index (χ4n) is 8.46. The number of para-hydroxylation sites is 2. The van der Waals surface area contributed by atoms with Crippen LogP contribution in [0, 0.1) is 24.5 Å². The maximum Gasteiger partial charge on any atom is 0.114 e. The van der Waals surface area contributed by atoms with Gasteiger partial charge in [-0.2, -0.15) is 11.3 Å². The first-order valence-electron chi connectivity index (χ1n) is 22.0. The van der Waals surface area contributed by atoms with Crippen molar-refractivity contribution in [3.63, 3.8) is 0 Å². The smallest absolute Gasteiger partial charge is 0.114 e. The van der Waals surface area contributed by atoms with E-state index in [2.05, 4.69) is 192 Å². The predicted octanol–water partition coefficient (Wildman–Crippen LogP) is 15.2. The molecule has 0 unspecified atom stereocenters. The van der Waals surface area contributed by atoms with Crippen molar-refractivity contribution in [3.8, 4) is 39.5 Å². The van der Waals surface area contributed by atoms with Crippen molar-refractivity contribution in [2.24, 2.45) is 5.41 Å². The van der Waals surface area contributed by atoms with Crippen LogP contribution in [0.25, 0.3) is 70.8 Å². The predicted molar refractivity (Wildman–Crippen MR) is 269 cm³/mol. The van der Waals surface area contributed by atoms with Crippen LogP contribution in [0.5, 0.6) is 0 Å². The molecule has 0 N–H and O–H groups in total. The standard InChI is InChI=1S/C37H32N3S.C19H26GeN.Ir/c1-22(2)29-20-27(25-11-7-6-8-12-25)21-30(23(3)4)35(29)40-33-14-10-9-13-32(33)39-36(40)26-16-18-34-31(19-26)28-17-15-24(5)38-37(28)41-34;1-19(2,3)13-16-12-18(15-10-8-7-9-11-15)21-14-17(16)20(4,5)6;/h6-15,17-23H,1-5H3;7-10,12,14H,13H2,1-6H3;/q2*-1;. The second kappa shape index (κ2) is 18.8. The molecule has 0 saturated carbocycles. The number of hydrogen-bond acceptors (Lipinski definition) is 4. The number of benzene rings is 5. The fraction of sp³-hybridized carbons (Fsp3) is 0.268. The molecule has 63 heavy (non-hydrogen) atoms. The Kier molecular flexibility index (Phi) is 13.8. The molecular formula is C56H58GeIrN4S-2. The number of imidazole rings is 1. The van der Waals surface area contributed by atoms with Crippen LogP contribution in [0.2, 0.25) is 17.3 Å². The quantitative estimate of drug-likeness (QED) is 0.112. The third-order valence-corrected chi connectivity index (χ3v) is 16.9. The van der Waals surface area contributed by atoms with Gasteiger partial charge in [0.2, 0.25) is 0 Å². The van der Waals surface area contributed by atoms with Gasteiger partial charge in [0.05, 0.1) is 16.9 Å². The summed E-state index contributed by atoms with van der Waals surface area (Å²) in [6.45, 7) is 18.1. The molecule has 1 radical (unpaired) electrons. The number of aryl methyl sites for hydroxylation is 1. The molecule has 0 aliphatic heterocycles. The van der Waals surface area contributed by atoms with Gasteiger partial charge in [0.15, 0.2) is 0 Å². The van der Waals surface area contributed by atoms with E-state index in [-0.39, 0.29) is 20.1 Å². The van der Waals surface area contributed by atoms with E-state index < -0.39 is 13.3 Å². The van der Waals surface area contributed by atoms with E-state index in [1.807, 2.05) is 25.1 Å². The average molecular weight is 1080 g/mol. The average Bonchev–Trinajstić information content (AvgIpc) is 3.80. The molecule has 0 fully saturated rings. The zero-order valence-corrected chi connectivity index (χ0v) is 43.8. The van der Waals surface area contributed by atoms with Crippen LogP contribution in [-0.2, 0) is 26.5 Å². The van der Waals surface area contributed by atoms with Crippen LogP contribution >= 0.6 is 11.3 Å². The van der Waals surface area contributed by atoms with Gasteiger partial charge in [-0.15, -0.1) is 23.8 Å². The molecule has 5 aromatic carbocycles. The second-order valence-corrected chi connectivity index (χ2v) is 31.1. The van der Waals surface area contributed by atoms with E-state index in [0.29, 0.717) is 17.3 Å². The van der Waals surface area contributed by atoms with Gasteiger partial charge in [-0.05, 0) is 81.4 Å². The Morgan fingerprint density at radius 3 is 2.05 bits per heavy atom. The van der Waals surface area contributed by atoms with Gasteiger partial charge >= 0.3 is 132 Å². The first-order valence-corrected chi connectivity index (χ1v) is 30.1. The van der Waals surface area contributed by atoms with Crippen molar-refractivity contribution in [2.75, 3.05) is 0 Å². The number of nitrogens with zero attached hydrogens (tertiary/aromatic N) is 4. The first-order chi connectivity index (χ1) is 29.6. The monoisotopic (exact) mass is 1090 g/mol. The Hall–Kier alpha value is -4.72.